The zero-order valence-corrected chi connectivity index (χ0v) is 13.7. The van der Waals surface area contributed by atoms with Gasteiger partial charge >= 0.3 is 6.03 Å². The minimum absolute atomic E-state index is 0.0369. The number of hydrogen-bond donors (Lipinski definition) is 2. The van der Waals surface area contributed by atoms with Crippen LogP contribution in [0.5, 0.6) is 0 Å². The van der Waals surface area contributed by atoms with Crippen molar-refractivity contribution in [2.24, 2.45) is 0 Å². The monoisotopic (exact) mass is 361 g/mol. The highest BCUT2D eigenvalue weighted by Gasteiger charge is 2.25. The van der Waals surface area contributed by atoms with E-state index in [2.05, 4.69) is 15.4 Å². The molecule has 2 amide bonds. The van der Waals surface area contributed by atoms with E-state index < -0.39 is 11.8 Å². The fourth-order valence-corrected chi connectivity index (χ4v) is 3.03. The molecule has 1 aromatic carbocycles. The lowest BCUT2D eigenvalue weighted by Crippen LogP contribution is -2.42. The van der Waals surface area contributed by atoms with Crippen LogP contribution in [0.1, 0.15) is 11.3 Å². The average molecular weight is 362 g/mol. The second kappa shape index (κ2) is 5.89. The van der Waals surface area contributed by atoms with Crippen LogP contribution in [0.4, 0.5) is 14.9 Å². The molecular weight excluding hydrogens is 349 g/mol. The number of nitrogens with one attached hydrogen (secondary N) is 2. The Morgan fingerprint density at radius 2 is 2.20 bits per heavy atom. The summed E-state index contributed by atoms with van der Waals surface area (Å²) in [5.74, 6) is -0.618. The number of anilines is 1. The number of fused-ring (bicyclic) bond motifs is 2. The summed E-state index contributed by atoms with van der Waals surface area (Å²) in [6.07, 6.45) is 2.09. The molecule has 3 aromatic rings. The number of benzene rings is 1. The van der Waals surface area contributed by atoms with E-state index in [1.165, 1.54) is 21.5 Å². The molecule has 4 rings (SSSR count). The van der Waals surface area contributed by atoms with Gasteiger partial charge in [-0.15, -0.1) is 0 Å². The van der Waals surface area contributed by atoms with Gasteiger partial charge in [-0.05, 0) is 18.2 Å². The molecule has 0 fully saturated rings. The maximum absolute atomic E-state index is 13.8. The maximum Gasteiger partial charge on any atom is 0.322 e. The van der Waals surface area contributed by atoms with Crippen molar-refractivity contribution in [3.63, 3.8) is 0 Å². The van der Waals surface area contributed by atoms with Crippen molar-refractivity contribution >= 4 is 29.0 Å². The number of aromatic amines is 1. The molecule has 0 saturated heterocycles. The number of hydrogen-bond acceptors (Lipinski definition) is 3. The van der Waals surface area contributed by atoms with Gasteiger partial charge in [-0.1, -0.05) is 11.6 Å². The zero-order valence-electron chi connectivity index (χ0n) is 12.9. The van der Waals surface area contributed by atoms with Gasteiger partial charge in [-0.2, -0.15) is 0 Å². The number of urea groups is 1. The Morgan fingerprint density at radius 3 is 3.00 bits per heavy atom. The predicted octanol–water partition coefficient (Wildman–Crippen LogP) is 2.41. The third kappa shape index (κ3) is 2.74. The minimum atomic E-state index is -0.618. The first kappa shape index (κ1) is 15.6. The Kier molecular flexibility index (Phi) is 3.69. The SMILES string of the molecule is O=C(Nc1ccc(Cl)cc1F)N1CCc2nc3cc[nH]n3c(=O)c2C1. The van der Waals surface area contributed by atoms with Crippen LogP contribution in [0, 0.1) is 5.82 Å². The molecule has 0 saturated carbocycles. The number of nitrogens with zero attached hydrogens (tertiary/aromatic N) is 3. The molecule has 2 N–H and O–H groups in total. The summed E-state index contributed by atoms with van der Waals surface area (Å²) >= 11 is 5.70. The highest BCUT2D eigenvalue weighted by molar-refractivity contribution is 6.30. The summed E-state index contributed by atoms with van der Waals surface area (Å²) in [5, 5.41) is 5.55. The molecule has 3 heterocycles. The largest absolute Gasteiger partial charge is 0.322 e. The van der Waals surface area contributed by atoms with Crippen molar-refractivity contribution in [1.82, 2.24) is 19.5 Å². The fraction of sp³-hybridized carbons (Fsp3) is 0.188. The third-order valence-corrected chi connectivity index (χ3v) is 4.39. The van der Waals surface area contributed by atoms with Crippen LogP contribution in [0.25, 0.3) is 5.65 Å². The number of carbonyl (C=O) groups excluding carboxylic acids is 1. The smallest absolute Gasteiger partial charge is 0.320 e. The van der Waals surface area contributed by atoms with Crippen molar-refractivity contribution in [2.75, 3.05) is 11.9 Å². The maximum atomic E-state index is 13.8. The fourth-order valence-electron chi connectivity index (χ4n) is 2.88. The first-order valence-corrected chi connectivity index (χ1v) is 7.99. The number of rotatable bonds is 1. The standard InChI is InChI=1S/C16H13ClFN5O2/c17-9-1-2-13(11(18)7-9)21-16(25)22-6-4-12-10(8-22)15(24)23-14(20-12)3-5-19-23/h1-3,5,7,19H,4,6,8H2,(H,21,25). The number of aromatic nitrogens is 3. The molecule has 0 radical (unpaired) electrons. The predicted molar refractivity (Wildman–Crippen MR) is 90.4 cm³/mol. The van der Waals surface area contributed by atoms with E-state index in [4.69, 9.17) is 11.6 Å². The van der Waals surface area contributed by atoms with Gasteiger partial charge in [0.1, 0.15) is 5.82 Å². The van der Waals surface area contributed by atoms with Crippen LogP contribution in [-0.4, -0.2) is 32.1 Å². The normalized spacial score (nSPS) is 13.8. The summed E-state index contributed by atoms with van der Waals surface area (Å²) in [6.45, 7) is 0.505. The van der Waals surface area contributed by atoms with Gasteiger partial charge in [-0.3, -0.25) is 9.89 Å². The van der Waals surface area contributed by atoms with Gasteiger partial charge in [0.05, 0.1) is 23.5 Å². The van der Waals surface area contributed by atoms with Crippen LogP contribution < -0.4 is 10.9 Å². The molecule has 1 aliphatic heterocycles. The first-order chi connectivity index (χ1) is 12.0. The van der Waals surface area contributed by atoms with Gasteiger partial charge in [0.15, 0.2) is 5.65 Å². The highest BCUT2D eigenvalue weighted by Crippen LogP contribution is 2.21. The van der Waals surface area contributed by atoms with Gasteiger partial charge in [0, 0.05) is 30.3 Å². The summed E-state index contributed by atoms with van der Waals surface area (Å²) in [7, 11) is 0. The molecular formula is C16H13ClFN5O2. The topological polar surface area (TPSA) is 82.5 Å². The van der Waals surface area contributed by atoms with Crippen LogP contribution >= 0.6 is 11.6 Å². The molecule has 0 atom stereocenters. The van der Waals surface area contributed by atoms with E-state index in [1.807, 2.05) is 0 Å². The molecule has 0 aliphatic carbocycles. The van der Waals surface area contributed by atoms with Crippen LogP contribution in [0.15, 0.2) is 35.3 Å². The van der Waals surface area contributed by atoms with E-state index in [9.17, 15) is 14.0 Å². The van der Waals surface area contributed by atoms with Gasteiger partial charge < -0.3 is 10.2 Å². The van der Waals surface area contributed by atoms with Crippen LogP contribution in [-0.2, 0) is 13.0 Å². The summed E-state index contributed by atoms with van der Waals surface area (Å²) in [4.78, 5) is 30.8. The second-order valence-corrected chi connectivity index (χ2v) is 6.16. The Bertz CT molecular complexity index is 1040. The zero-order chi connectivity index (χ0) is 17.6. The van der Waals surface area contributed by atoms with E-state index in [0.717, 1.165) is 6.07 Å². The number of amides is 2. The van der Waals surface area contributed by atoms with E-state index in [-0.39, 0.29) is 22.8 Å². The lowest BCUT2D eigenvalue weighted by molar-refractivity contribution is 0.205. The average Bonchev–Trinajstić information content (AvgIpc) is 3.06. The molecule has 25 heavy (non-hydrogen) atoms. The lowest BCUT2D eigenvalue weighted by Gasteiger charge is -2.27. The summed E-state index contributed by atoms with van der Waals surface area (Å²) in [6, 6.07) is 5.24. The molecule has 9 heteroatoms. The Morgan fingerprint density at radius 1 is 1.36 bits per heavy atom. The van der Waals surface area contributed by atoms with Crippen LogP contribution in [0.3, 0.4) is 0 Å². The number of H-pyrrole nitrogens is 1. The van der Waals surface area contributed by atoms with Gasteiger partial charge in [0.2, 0.25) is 0 Å². The molecule has 0 spiro atoms. The van der Waals surface area contributed by atoms with Crippen molar-refractivity contribution in [1.29, 1.82) is 0 Å². The number of carbonyl (C=O) groups is 1. The molecule has 0 unspecified atom stereocenters. The molecule has 0 bridgehead atoms. The van der Waals surface area contributed by atoms with Crippen molar-refractivity contribution in [3.05, 3.63) is 62.9 Å². The highest BCUT2D eigenvalue weighted by atomic mass is 35.5. The van der Waals surface area contributed by atoms with Gasteiger partial charge in [-0.25, -0.2) is 18.7 Å². The molecule has 128 valence electrons. The van der Waals surface area contributed by atoms with Crippen molar-refractivity contribution in [3.8, 4) is 0 Å². The minimum Gasteiger partial charge on any atom is -0.320 e. The lowest BCUT2D eigenvalue weighted by atomic mass is 10.1. The van der Waals surface area contributed by atoms with E-state index >= 15 is 0 Å². The summed E-state index contributed by atoms with van der Waals surface area (Å²) < 4.78 is 15.2. The Labute approximate surface area is 146 Å². The summed E-state index contributed by atoms with van der Waals surface area (Å²) in [5.41, 5.74) is 1.49. The Balaban J connectivity index is 1.59. The van der Waals surface area contributed by atoms with E-state index in [1.54, 1.807) is 12.3 Å². The molecule has 1 aliphatic rings. The Hall–Kier alpha value is -2.87. The van der Waals surface area contributed by atoms with E-state index in [0.29, 0.717) is 29.9 Å². The molecule has 2 aromatic heterocycles. The third-order valence-electron chi connectivity index (χ3n) is 4.15. The second-order valence-electron chi connectivity index (χ2n) is 5.72. The quantitative estimate of drug-likeness (QED) is 0.698. The van der Waals surface area contributed by atoms with Crippen molar-refractivity contribution < 1.29 is 9.18 Å². The van der Waals surface area contributed by atoms with Crippen molar-refractivity contribution in [2.45, 2.75) is 13.0 Å². The van der Waals surface area contributed by atoms with Gasteiger partial charge in [0.25, 0.3) is 5.56 Å². The van der Waals surface area contributed by atoms with Crippen LogP contribution in [0.2, 0.25) is 5.02 Å². The first-order valence-electron chi connectivity index (χ1n) is 7.62. The number of halogens is 2. The molecule has 7 nitrogen and oxygen atoms in total.